The van der Waals surface area contributed by atoms with E-state index in [0.717, 1.165) is 5.56 Å². The Bertz CT molecular complexity index is 567. The van der Waals surface area contributed by atoms with E-state index in [-0.39, 0.29) is 11.7 Å². The van der Waals surface area contributed by atoms with E-state index in [2.05, 4.69) is 10.3 Å². The molecule has 1 heterocycles. The molecule has 1 aromatic heterocycles. The van der Waals surface area contributed by atoms with Crippen molar-refractivity contribution in [3.05, 3.63) is 66.2 Å². The predicted molar refractivity (Wildman–Crippen MR) is 68.3 cm³/mol. The zero-order valence-electron chi connectivity index (χ0n) is 9.51. The van der Waals surface area contributed by atoms with E-state index in [1.807, 2.05) is 0 Å². The molecule has 0 fully saturated rings. The van der Waals surface area contributed by atoms with Crippen LogP contribution >= 0.6 is 0 Å². The largest absolute Gasteiger partial charge is 0.322 e. The average Bonchev–Trinajstić information content (AvgIpc) is 2.38. The lowest BCUT2D eigenvalue weighted by atomic mass is 10.2. The number of nitrogens with one attached hydrogen (secondary N) is 1. The molecule has 0 saturated carbocycles. The number of nitrogens with zero attached hydrogens (tertiary/aromatic N) is 1. The van der Waals surface area contributed by atoms with Gasteiger partial charge in [-0.3, -0.25) is 9.78 Å². The van der Waals surface area contributed by atoms with Gasteiger partial charge in [0.1, 0.15) is 5.82 Å². The lowest BCUT2D eigenvalue weighted by molar-refractivity contribution is -0.111. The quantitative estimate of drug-likeness (QED) is 0.841. The second-order valence-electron chi connectivity index (χ2n) is 3.61. The van der Waals surface area contributed by atoms with Gasteiger partial charge in [0.05, 0.1) is 0 Å². The molecule has 0 bridgehead atoms. The molecule has 2 aromatic rings. The predicted octanol–water partition coefficient (Wildman–Crippen LogP) is 2.87. The lowest BCUT2D eigenvalue weighted by Crippen LogP contribution is -2.07. The highest BCUT2D eigenvalue weighted by atomic mass is 19.1. The molecule has 4 heteroatoms. The van der Waals surface area contributed by atoms with E-state index in [9.17, 15) is 9.18 Å². The SMILES string of the molecule is O=C(C=Cc1ccncc1)Nc1cccc(F)c1. The summed E-state index contributed by atoms with van der Waals surface area (Å²) in [6.07, 6.45) is 6.34. The van der Waals surface area contributed by atoms with Crippen molar-refractivity contribution >= 4 is 17.7 Å². The molecule has 0 atom stereocenters. The lowest BCUT2D eigenvalue weighted by Gasteiger charge is -2.01. The van der Waals surface area contributed by atoms with Crippen LogP contribution in [0.1, 0.15) is 5.56 Å². The maximum atomic E-state index is 12.9. The van der Waals surface area contributed by atoms with Crippen LogP contribution in [0.2, 0.25) is 0 Å². The number of halogens is 1. The van der Waals surface area contributed by atoms with Crippen LogP contribution in [-0.4, -0.2) is 10.9 Å². The third-order valence-electron chi connectivity index (χ3n) is 2.23. The van der Waals surface area contributed by atoms with E-state index in [0.29, 0.717) is 5.69 Å². The van der Waals surface area contributed by atoms with Crippen molar-refractivity contribution in [3.63, 3.8) is 0 Å². The number of hydrogen-bond acceptors (Lipinski definition) is 2. The van der Waals surface area contributed by atoms with Crippen molar-refractivity contribution in [1.82, 2.24) is 4.98 Å². The van der Waals surface area contributed by atoms with Crippen LogP contribution in [0.15, 0.2) is 54.9 Å². The zero-order chi connectivity index (χ0) is 12.8. The number of hydrogen-bond donors (Lipinski definition) is 1. The van der Waals surface area contributed by atoms with Crippen molar-refractivity contribution in [1.29, 1.82) is 0 Å². The number of aromatic nitrogens is 1. The Balaban J connectivity index is 1.99. The Hall–Kier alpha value is -2.49. The summed E-state index contributed by atoms with van der Waals surface area (Å²) in [5.74, 6) is -0.691. The molecule has 1 N–H and O–H groups in total. The normalized spacial score (nSPS) is 10.5. The molecule has 0 aliphatic rings. The maximum Gasteiger partial charge on any atom is 0.248 e. The molecule has 0 aliphatic heterocycles. The Kier molecular flexibility index (Phi) is 3.81. The van der Waals surface area contributed by atoms with Gasteiger partial charge in [0.2, 0.25) is 5.91 Å². The number of carbonyl (C=O) groups is 1. The van der Waals surface area contributed by atoms with Crippen LogP contribution in [0, 0.1) is 5.82 Å². The zero-order valence-corrected chi connectivity index (χ0v) is 9.51. The molecule has 90 valence electrons. The van der Waals surface area contributed by atoms with Gasteiger partial charge < -0.3 is 5.32 Å². The van der Waals surface area contributed by atoms with Crippen molar-refractivity contribution in [2.75, 3.05) is 5.32 Å². The molecule has 0 aliphatic carbocycles. The Labute approximate surface area is 104 Å². The van der Waals surface area contributed by atoms with E-state index in [1.54, 1.807) is 36.7 Å². The Morgan fingerprint density at radius 2 is 2.00 bits per heavy atom. The summed E-state index contributed by atoms with van der Waals surface area (Å²) in [4.78, 5) is 15.4. The summed E-state index contributed by atoms with van der Waals surface area (Å²) >= 11 is 0. The van der Waals surface area contributed by atoms with Crippen molar-refractivity contribution in [2.45, 2.75) is 0 Å². The topological polar surface area (TPSA) is 42.0 Å². The van der Waals surface area contributed by atoms with Crippen LogP contribution in [-0.2, 0) is 4.79 Å². The second kappa shape index (κ2) is 5.72. The minimum atomic E-state index is -0.383. The summed E-state index contributed by atoms with van der Waals surface area (Å²) in [5, 5.41) is 2.57. The summed E-state index contributed by atoms with van der Waals surface area (Å²) in [6, 6.07) is 9.32. The van der Waals surface area contributed by atoms with Crippen LogP contribution in [0.25, 0.3) is 6.08 Å². The first kappa shape index (κ1) is 12.0. The van der Waals surface area contributed by atoms with Crippen LogP contribution < -0.4 is 5.32 Å². The highest BCUT2D eigenvalue weighted by Crippen LogP contribution is 2.09. The first-order valence-corrected chi connectivity index (χ1v) is 5.39. The van der Waals surface area contributed by atoms with E-state index >= 15 is 0 Å². The summed E-state index contributed by atoms with van der Waals surface area (Å²) in [5.41, 5.74) is 1.30. The second-order valence-corrected chi connectivity index (χ2v) is 3.61. The van der Waals surface area contributed by atoms with Gasteiger partial charge in [-0.25, -0.2) is 4.39 Å². The van der Waals surface area contributed by atoms with Gasteiger partial charge in [0, 0.05) is 24.2 Å². The number of pyridine rings is 1. The summed E-state index contributed by atoms with van der Waals surface area (Å²) in [7, 11) is 0. The van der Waals surface area contributed by atoms with E-state index in [1.165, 1.54) is 24.3 Å². The first-order valence-electron chi connectivity index (χ1n) is 5.39. The number of benzene rings is 1. The maximum absolute atomic E-state index is 12.9. The van der Waals surface area contributed by atoms with Crippen LogP contribution in [0.5, 0.6) is 0 Å². The minimum Gasteiger partial charge on any atom is -0.322 e. The highest BCUT2D eigenvalue weighted by molar-refractivity contribution is 6.01. The molecule has 0 saturated heterocycles. The minimum absolute atomic E-state index is 0.308. The molecule has 3 nitrogen and oxygen atoms in total. The Morgan fingerprint density at radius 1 is 1.22 bits per heavy atom. The summed E-state index contributed by atoms with van der Waals surface area (Å²) in [6.45, 7) is 0. The molecule has 0 spiro atoms. The van der Waals surface area contributed by atoms with Gasteiger partial charge in [-0.05, 0) is 42.0 Å². The van der Waals surface area contributed by atoms with Gasteiger partial charge in [0.25, 0.3) is 0 Å². The van der Waals surface area contributed by atoms with Crippen LogP contribution in [0.3, 0.4) is 0 Å². The van der Waals surface area contributed by atoms with Crippen molar-refractivity contribution in [3.8, 4) is 0 Å². The van der Waals surface area contributed by atoms with Gasteiger partial charge in [-0.15, -0.1) is 0 Å². The molecule has 18 heavy (non-hydrogen) atoms. The number of amides is 1. The Morgan fingerprint density at radius 3 is 2.72 bits per heavy atom. The molecule has 1 amide bonds. The molecule has 2 rings (SSSR count). The third kappa shape index (κ3) is 3.52. The fourth-order valence-corrected chi connectivity index (χ4v) is 1.40. The van der Waals surface area contributed by atoms with Gasteiger partial charge in [-0.2, -0.15) is 0 Å². The van der Waals surface area contributed by atoms with Gasteiger partial charge in [-0.1, -0.05) is 6.07 Å². The number of carbonyl (C=O) groups excluding carboxylic acids is 1. The molecule has 0 radical (unpaired) electrons. The van der Waals surface area contributed by atoms with Crippen molar-refractivity contribution in [2.24, 2.45) is 0 Å². The summed E-state index contributed by atoms with van der Waals surface area (Å²) < 4.78 is 12.9. The monoisotopic (exact) mass is 242 g/mol. The fourth-order valence-electron chi connectivity index (χ4n) is 1.40. The highest BCUT2D eigenvalue weighted by Gasteiger charge is 1.98. The smallest absolute Gasteiger partial charge is 0.248 e. The molecular weight excluding hydrogens is 231 g/mol. The molecule has 0 unspecified atom stereocenters. The standard InChI is InChI=1S/C14H11FN2O/c15-12-2-1-3-13(10-12)17-14(18)5-4-11-6-8-16-9-7-11/h1-10H,(H,17,18). The fraction of sp³-hybridized carbons (Fsp3) is 0. The van der Waals surface area contributed by atoms with E-state index in [4.69, 9.17) is 0 Å². The van der Waals surface area contributed by atoms with Gasteiger partial charge in [0.15, 0.2) is 0 Å². The number of anilines is 1. The van der Waals surface area contributed by atoms with Gasteiger partial charge >= 0.3 is 0 Å². The first-order chi connectivity index (χ1) is 8.74. The molecule has 1 aromatic carbocycles. The number of rotatable bonds is 3. The third-order valence-corrected chi connectivity index (χ3v) is 2.23. The van der Waals surface area contributed by atoms with Crippen molar-refractivity contribution < 1.29 is 9.18 Å². The average molecular weight is 242 g/mol. The van der Waals surface area contributed by atoms with E-state index < -0.39 is 0 Å². The van der Waals surface area contributed by atoms with Crippen LogP contribution in [0.4, 0.5) is 10.1 Å². The molecular formula is C14H11FN2O.